The van der Waals surface area contributed by atoms with Gasteiger partial charge < -0.3 is 10.1 Å². The number of nitrogens with one attached hydrogen (secondary N) is 1. The summed E-state index contributed by atoms with van der Waals surface area (Å²) < 4.78 is 39.8. The largest absolute Gasteiger partial charge is 0.494 e. The highest BCUT2D eigenvalue weighted by Crippen LogP contribution is 2.23. The lowest BCUT2D eigenvalue weighted by Gasteiger charge is -2.07. The summed E-state index contributed by atoms with van der Waals surface area (Å²) in [5, 5.41) is 14.3. The maximum Gasteiger partial charge on any atom is 0.264 e. The van der Waals surface area contributed by atoms with E-state index in [1.807, 2.05) is 0 Å². The molecule has 0 heterocycles. The molecule has 0 saturated heterocycles. The Kier molecular flexibility index (Phi) is 10.2. The summed E-state index contributed by atoms with van der Waals surface area (Å²) in [6, 6.07) is 13.2. The highest BCUT2D eigenvalue weighted by molar-refractivity contribution is 7.94. The first kappa shape index (κ1) is 25.3. The second-order valence-electron chi connectivity index (χ2n) is 6.26. The van der Waals surface area contributed by atoms with Gasteiger partial charge in [-0.3, -0.25) is 9.35 Å². The van der Waals surface area contributed by atoms with E-state index in [1.165, 1.54) is 6.08 Å². The van der Waals surface area contributed by atoms with Crippen LogP contribution in [0.25, 0.3) is 10.9 Å². The molecule has 0 aliphatic carbocycles. The van der Waals surface area contributed by atoms with Gasteiger partial charge in [0.15, 0.2) is 0 Å². The Morgan fingerprint density at radius 2 is 1.94 bits per heavy atom. The van der Waals surface area contributed by atoms with E-state index < -0.39 is 16.0 Å². The number of nitrogens with zero attached hydrogens (tertiary/aromatic N) is 1. The number of carbonyl (C=O) groups is 1. The average Bonchev–Trinajstić information content (AvgIpc) is 2.76. The van der Waals surface area contributed by atoms with Crippen molar-refractivity contribution in [3.63, 3.8) is 0 Å². The van der Waals surface area contributed by atoms with E-state index >= 15 is 0 Å². The molecule has 170 valence electrons. The van der Waals surface area contributed by atoms with Crippen LogP contribution in [0, 0.1) is 6.57 Å². The number of hydrogen-bond acceptors (Lipinski definition) is 8. The molecule has 2 aromatic carbocycles. The quantitative estimate of drug-likeness (QED) is 0.0781. The number of benzene rings is 2. The van der Waals surface area contributed by atoms with E-state index in [2.05, 4.69) is 19.5 Å². The molecule has 32 heavy (non-hydrogen) atoms. The molecule has 0 aromatic heterocycles. The lowest BCUT2D eigenvalue weighted by molar-refractivity contribution is -0.432. The Labute approximate surface area is 189 Å². The number of unbranched alkanes of at least 4 members (excludes halogenated alkanes) is 1. The summed E-state index contributed by atoms with van der Waals surface area (Å²) in [7, 11) is -3.96. The fourth-order valence-corrected chi connectivity index (χ4v) is 3.41. The molecule has 1 amide bonds. The van der Waals surface area contributed by atoms with E-state index in [-0.39, 0.29) is 24.5 Å². The Morgan fingerprint density at radius 1 is 1.19 bits per heavy atom. The van der Waals surface area contributed by atoms with Crippen LogP contribution in [-0.4, -0.2) is 36.5 Å². The first-order valence-electron chi connectivity index (χ1n) is 9.14. The molecule has 0 fully saturated rings. The molecule has 0 saturated carbocycles. The van der Waals surface area contributed by atoms with Crippen LogP contribution in [0.2, 0.25) is 0 Å². The summed E-state index contributed by atoms with van der Waals surface area (Å²) in [4.78, 5) is 16.3. The standard InChI is InChI=1S/C20H20N2O8S2/c1-21-19(20(23)22-16-5-4-6-18(14-16)31-30-29-24)13-15-7-9-17(10-8-15)28-11-2-3-12-32(25,26)27/h4-10,13-14,24H,2-3,11-12H2,(H,22,23)(H,25,26,27). The minimum atomic E-state index is -3.96. The molecule has 2 rings (SSSR count). The lowest BCUT2D eigenvalue weighted by Crippen LogP contribution is -2.12. The summed E-state index contributed by atoms with van der Waals surface area (Å²) in [5.41, 5.74) is 0.911. The van der Waals surface area contributed by atoms with Crippen LogP contribution in [0.4, 0.5) is 5.69 Å². The van der Waals surface area contributed by atoms with Crippen LogP contribution in [0.3, 0.4) is 0 Å². The predicted octanol–water partition coefficient (Wildman–Crippen LogP) is 4.06. The molecular formula is C20H20N2O8S2. The fourth-order valence-electron chi connectivity index (χ4n) is 2.42. The van der Waals surface area contributed by atoms with E-state index in [0.29, 0.717) is 28.3 Å². The molecule has 0 aliphatic heterocycles. The zero-order valence-electron chi connectivity index (χ0n) is 16.6. The van der Waals surface area contributed by atoms with Gasteiger partial charge in [-0.15, -0.1) is 4.33 Å². The van der Waals surface area contributed by atoms with Gasteiger partial charge >= 0.3 is 0 Å². The first-order chi connectivity index (χ1) is 15.3. The zero-order valence-corrected chi connectivity index (χ0v) is 18.3. The van der Waals surface area contributed by atoms with E-state index in [9.17, 15) is 13.2 Å². The molecule has 12 heteroatoms. The fraction of sp³-hybridized carbons (Fsp3) is 0.200. The maximum absolute atomic E-state index is 12.4. The summed E-state index contributed by atoms with van der Waals surface area (Å²) >= 11 is 0.741. The molecule has 0 radical (unpaired) electrons. The van der Waals surface area contributed by atoms with E-state index in [0.717, 1.165) is 12.0 Å². The van der Waals surface area contributed by atoms with Crippen LogP contribution in [0.15, 0.2) is 59.1 Å². The number of anilines is 1. The van der Waals surface area contributed by atoms with E-state index in [4.69, 9.17) is 21.1 Å². The molecule has 0 bridgehead atoms. The SMILES string of the molecule is [C-]#[N+]C(=Cc1ccc(OCCCCS(=O)(=O)O)cc1)C(=O)Nc1cccc(SOOO)c1. The number of ether oxygens (including phenoxy) is 1. The van der Waals surface area contributed by atoms with Crippen molar-refractivity contribution in [3.05, 3.63) is 71.2 Å². The molecule has 3 N–H and O–H groups in total. The molecule has 0 aliphatic rings. The molecule has 0 spiro atoms. The van der Waals surface area contributed by atoms with Crippen molar-refractivity contribution in [3.8, 4) is 5.75 Å². The zero-order chi connectivity index (χ0) is 23.4. The third kappa shape index (κ3) is 9.48. The van der Waals surface area contributed by atoms with E-state index in [1.54, 1.807) is 48.5 Å². The number of amides is 1. The Morgan fingerprint density at radius 3 is 2.59 bits per heavy atom. The topological polar surface area (TPSA) is 136 Å². The van der Waals surface area contributed by atoms with Crippen molar-refractivity contribution in [2.24, 2.45) is 0 Å². The second kappa shape index (κ2) is 12.8. The molecule has 0 atom stereocenters. The van der Waals surface area contributed by atoms with Gasteiger partial charge in [-0.2, -0.15) is 8.42 Å². The smallest absolute Gasteiger partial charge is 0.264 e. The maximum atomic E-state index is 12.4. The molecule has 0 unspecified atom stereocenters. The third-order valence-electron chi connectivity index (χ3n) is 3.85. The number of rotatable bonds is 12. The van der Waals surface area contributed by atoms with Crippen LogP contribution >= 0.6 is 12.0 Å². The predicted molar refractivity (Wildman–Crippen MR) is 118 cm³/mol. The highest BCUT2D eigenvalue weighted by atomic mass is 32.2. The van der Waals surface area contributed by atoms with Gasteiger partial charge in [-0.1, -0.05) is 23.2 Å². The Hall–Kier alpha value is -2.92. The van der Waals surface area contributed by atoms with Gasteiger partial charge in [0.25, 0.3) is 21.7 Å². The van der Waals surface area contributed by atoms with Crippen LogP contribution in [0.5, 0.6) is 5.75 Å². The van der Waals surface area contributed by atoms with Crippen molar-refractivity contribution in [2.45, 2.75) is 17.7 Å². The van der Waals surface area contributed by atoms with Crippen molar-refractivity contribution in [1.29, 1.82) is 0 Å². The minimum Gasteiger partial charge on any atom is -0.494 e. The van der Waals surface area contributed by atoms with Crippen molar-refractivity contribution in [2.75, 3.05) is 17.7 Å². The van der Waals surface area contributed by atoms with Gasteiger partial charge in [0.05, 0.1) is 31.0 Å². The second-order valence-corrected chi connectivity index (χ2v) is 8.61. The first-order valence-corrected chi connectivity index (χ1v) is 11.5. The van der Waals surface area contributed by atoms with Gasteiger partial charge in [0.2, 0.25) is 0 Å². The molecule has 10 nitrogen and oxygen atoms in total. The van der Waals surface area contributed by atoms with Crippen molar-refractivity contribution < 1.29 is 37.1 Å². The van der Waals surface area contributed by atoms with Crippen molar-refractivity contribution in [1.82, 2.24) is 0 Å². The lowest BCUT2D eigenvalue weighted by atomic mass is 10.2. The van der Waals surface area contributed by atoms with Crippen LogP contribution in [0.1, 0.15) is 18.4 Å². The summed E-state index contributed by atoms with van der Waals surface area (Å²) in [6.45, 7) is 7.58. The minimum absolute atomic E-state index is 0.128. The average molecular weight is 481 g/mol. The Balaban J connectivity index is 1.93. The summed E-state index contributed by atoms with van der Waals surface area (Å²) in [5.74, 6) is -0.359. The number of carbonyl (C=O) groups excluding carboxylic acids is 1. The van der Waals surface area contributed by atoms with Gasteiger partial charge in [-0.25, -0.2) is 10.1 Å². The monoisotopic (exact) mass is 480 g/mol. The van der Waals surface area contributed by atoms with Crippen molar-refractivity contribution >= 4 is 39.8 Å². The van der Waals surface area contributed by atoms with Gasteiger partial charge in [0.1, 0.15) is 5.75 Å². The van der Waals surface area contributed by atoms with Crippen LogP contribution < -0.4 is 10.1 Å². The van der Waals surface area contributed by atoms with Crippen LogP contribution in [-0.2, 0) is 24.3 Å². The normalized spacial score (nSPS) is 11.6. The molecular weight excluding hydrogens is 460 g/mol. The molecule has 2 aromatic rings. The Bertz CT molecular complexity index is 1080. The highest BCUT2D eigenvalue weighted by Gasteiger charge is 2.11. The summed E-state index contributed by atoms with van der Waals surface area (Å²) in [6.07, 6.45) is 2.18. The van der Waals surface area contributed by atoms with Gasteiger partial charge in [-0.05, 0) is 54.8 Å². The van der Waals surface area contributed by atoms with Gasteiger partial charge in [0, 0.05) is 10.6 Å². The third-order valence-corrected chi connectivity index (χ3v) is 5.23. The number of hydrogen-bond donors (Lipinski definition) is 3.